The molecule has 0 bridgehead atoms. The lowest BCUT2D eigenvalue weighted by molar-refractivity contribution is 0.120. The van der Waals surface area contributed by atoms with Crippen molar-refractivity contribution in [1.82, 2.24) is 0 Å². The number of aryl methyl sites for hydroxylation is 1. The van der Waals surface area contributed by atoms with E-state index < -0.39 is 16.4 Å². The minimum absolute atomic E-state index is 0.266. The van der Waals surface area contributed by atoms with Gasteiger partial charge in [-0.05, 0) is 69.7 Å². The summed E-state index contributed by atoms with van der Waals surface area (Å²) in [6.07, 6.45) is 0. The number of benzene rings is 3. The van der Waals surface area contributed by atoms with Crippen LogP contribution in [0.1, 0.15) is 43.5 Å². The SMILES string of the molecule is COc1cc([C@H]2COC(c3ccccc3S(=O)c3ccc(C)cc3)=N2)cc(OC)c1OC(C)(C)C. The van der Waals surface area contributed by atoms with Gasteiger partial charge in [-0.25, -0.2) is 9.20 Å². The molecule has 4 rings (SSSR count). The quantitative estimate of drug-likeness (QED) is 0.412. The molecule has 3 aromatic carbocycles. The molecule has 184 valence electrons. The molecule has 0 saturated heterocycles. The van der Waals surface area contributed by atoms with Gasteiger partial charge in [-0.15, -0.1) is 0 Å². The molecular weight excluding hydrogens is 462 g/mol. The molecule has 0 aliphatic carbocycles. The number of hydrogen-bond acceptors (Lipinski definition) is 6. The Kier molecular flexibility index (Phi) is 7.17. The average molecular weight is 494 g/mol. The second kappa shape index (κ2) is 10.1. The summed E-state index contributed by atoms with van der Waals surface area (Å²) in [6.45, 7) is 8.28. The highest BCUT2D eigenvalue weighted by Gasteiger charge is 2.28. The van der Waals surface area contributed by atoms with E-state index in [1.165, 1.54) is 0 Å². The summed E-state index contributed by atoms with van der Waals surface area (Å²) in [5.41, 5.74) is 2.31. The van der Waals surface area contributed by atoms with Crippen LogP contribution in [0.3, 0.4) is 0 Å². The molecule has 35 heavy (non-hydrogen) atoms. The van der Waals surface area contributed by atoms with Gasteiger partial charge in [-0.1, -0.05) is 29.8 Å². The third kappa shape index (κ3) is 5.51. The fourth-order valence-corrected chi connectivity index (χ4v) is 4.98. The summed E-state index contributed by atoms with van der Waals surface area (Å²) in [5, 5.41) is 0. The molecule has 0 fully saturated rings. The summed E-state index contributed by atoms with van der Waals surface area (Å²) in [4.78, 5) is 6.25. The Morgan fingerprint density at radius 2 is 1.60 bits per heavy atom. The Morgan fingerprint density at radius 3 is 2.20 bits per heavy atom. The molecule has 0 saturated carbocycles. The van der Waals surface area contributed by atoms with Crippen molar-refractivity contribution in [2.75, 3.05) is 20.8 Å². The van der Waals surface area contributed by atoms with E-state index >= 15 is 0 Å². The fraction of sp³-hybridized carbons (Fsp3) is 0.321. The molecule has 3 aromatic rings. The minimum Gasteiger partial charge on any atom is -0.493 e. The van der Waals surface area contributed by atoms with E-state index in [2.05, 4.69) is 0 Å². The molecule has 1 unspecified atom stereocenters. The number of hydrogen-bond donors (Lipinski definition) is 0. The Labute approximate surface area is 209 Å². The van der Waals surface area contributed by atoms with Crippen LogP contribution in [0.5, 0.6) is 17.2 Å². The lowest BCUT2D eigenvalue weighted by Gasteiger charge is -2.25. The summed E-state index contributed by atoms with van der Waals surface area (Å²) < 4.78 is 36.7. The first-order valence-corrected chi connectivity index (χ1v) is 12.6. The monoisotopic (exact) mass is 493 g/mol. The van der Waals surface area contributed by atoms with Gasteiger partial charge >= 0.3 is 0 Å². The number of aliphatic imine (C=N–C) groups is 1. The first-order chi connectivity index (χ1) is 16.7. The molecule has 1 aliphatic heterocycles. The fourth-order valence-electron chi connectivity index (χ4n) is 3.79. The Hall–Kier alpha value is -3.32. The van der Waals surface area contributed by atoms with Crippen molar-refractivity contribution in [2.24, 2.45) is 4.99 Å². The van der Waals surface area contributed by atoms with Crippen molar-refractivity contribution in [3.8, 4) is 17.2 Å². The zero-order valence-electron chi connectivity index (χ0n) is 21.0. The van der Waals surface area contributed by atoms with Crippen molar-refractivity contribution < 1.29 is 23.2 Å². The van der Waals surface area contributed by atoms with Crippen LogP contribution in [0, 0.1) is 6.92 Å². The van der Waals surface area contributed by atoms with E-state index in [4.69, 9.17) is 23.9 Å². The lowest BCUT2D eigenvalue weighted by Crippen LogP contribution is -2.23. The van der Waals surface area contributed by atoms with Crippen molar-refractivity contribution in [3.63, 3.8) is 0 Å². The van der Waals surface area contributed by atoms with Gasteiger partial charge in [0.25, 0.3) is 0 Å². The Balaban J connectivity index is 1.68. The summed E-state index contributed by atoms with van der Waals surface area (Å²) in [6, 6.07) is 18.8. The molecule has 2 atom stereocenters. The van der Waals surface area contributed by atoms with Crippen LogP contribution in [0.15, 0.2) is 75.4 Å². The third-order valence-corrected chi connectivity index (χ3v) is 6.94. The Morgan fingerprint density at radius 1 is 0.971 bits per heavy atom. The van der Waals surface area contributed by atoms with Gasteiger partial charge in [0.15, 0.2) is 11.5 Å². The molecule has 0 radical (unpaired) electrons. The van der Waals surface area contributed by atoms with E-state index in [1.807, 2.05) is 88.4 Å². The van der Waals surface area contributed by atoms with Crippen molar-refractivity contribution in [3.05, 3.63) is 77.4 Å². The minimum atomic E-state index is -1.36. The van der Waals surface area contributed by atoms with Crippen LogP contribution >= 0.6 is 0 Å². The van der Waals surface area contributed by atoms with E-state index in [9.17, 15) is 4.21 Å². The second-order valence-corrected chi connectivity index (χ2v) is 10.8. The van der Waals surface area contributed by atoms with Crippen LogP contribution in [0.2, 0.25) is 0 Å². The van der Waals surface area contributed by atoms with Crippen LogP contribution in [0.25, 0.3) is 0 Å². The van der Waals surface area contributed by atoms with Gasteiger partial charge in [0, 0.05) is 4.90 Å². The van der Waals surface area contributed by atoms with Crippen molar-refractivity contribution in [1.29, 1.82) is 0 Å². The molecule has 0 spiro atoms. The molecule has 0 aromatic heterocycles. The first-order valence-electron chi connectivity index (χ1n) is 11.4. The highest BCUT2D eigenvalue weighted by Crippen LogP contribution is 2.43. The largest absolute Gasteiger partial charge is 0.493 e. The first kappa shape index (κ1) is 24.8. The predicted molar refractivity (Wildman–Crippen MR) is 137 cm³/mol. The Bertz CT molecular complexity index is 1240. The number of methoxy groups -OCH3 is 2. The highest BCUT2D eigenvalue weighted by atomic mass is 32.2. The lowest BCUT2D eigenvalue weighted by atomic mass is 10.1. The van der Waals surface area contributed by atoms with Crippen LogP contribution in [-0.4, -0.2) is 36.5 Å². The van der Waals surface area contributed by atoms with Gasteiger partial charge in [-0.2, -0.15) is 0 Å². The number of rotatable bonds is 7. The van der Waals surface area contributed by atoms with E-state index in [-0.39, 0.29) is 6.04 Å². The van der Waals surface area contributed by atoms with Gasteiger partial charge in [0.2, 0.25) is 11.6 Å². The predicted octanol–water partition coefficient (Wildman–Crippen LogP) is 5.87. The third-order valence-electron chi connectivity index (χ3n) is 5.48. The van der Waals surface area contributed by atoms with Gasteiger partial charge in [0.05, 0.1) is 35.5 Å². The number of nitrogens with zero attached hydrogens (tertiary/aromatic N) is 1. The standard InChI is InChI=1S/C28H31NO5S/c1-18-11-13-20(14-12-18)35(30)25-10-8-7-9-21(25)27-29-22(17-33-27)19-15-23(31-5)26(24(16-19)32-6)34-28(2,3)4/h7-16,22H,17H2,1-6H3/t22-,35?/m1/s1. The smallest absolute Gasteiger partial charge is 0.218 e. The highest BCUT2D eigenvalue weighted by molar-refractivity contribution is 7.85. The molecule has 1 aliphatic rings. The van der Waals surface area contributed by atoms with Gasteiger partial charge in [0.1, 0.15) is 18.2 Å². The summed E-state index contributed by atoms with van der Waals surface area (Å²) >= 11 is 0. The van der Waals surface area contributed by atoms with Crippen LogP contribution in [-0.2, 0) is 15.5 Å². The zero-order valence-corrected chi connectivity index (χ0v) is 21.8. The van der Waals surface area contributed by atoms with Crippen LogP contribution in [0.4, 0.5) is 0 Å². The van der Waals surface area contributed by atoms with Gasteiger partial charge in [-0.3, -0.25) is 0 Å². The maximum atomic E-state index is 13.4. The summed E-state index contributed by atoms with van der Waals surface area (Å²) in [5.74, 6) is 2.16. The molecule has 7 heteroatoms. The summed E-state index contributed by atoms with van der Waals surface area (Å²) in [7, 11) is 1.84. The van der Waals surface area contributed by atoms with E-state index in [0.29, 0.717) is 34.6 Å². The van der Waals surface area contributed by atoms with Gasteiger partial charge < -0.3 is 18.9 Å². The molecular formula is C28H31NO5S. The molecule has 1 heterocycles. The maximum Gasteiger partial charge on any atom is 0.218 e. The molecule has 0 amide bonds. The van der Waals surface area contributed by atoms with Crippen molar-refractivity contribution in [2.45, 2.75) is 49.1 Å². The second-order valence-electron chi connectivity index (χ2n) is 9.31. The molecule has 0 N–H and O–H groups in total. The van der Waals surface area contributed by atoms with Crippen molar-refractivity contribution >= 4 is 16.7 Å². The topological polar surface area (TPSA) is 66.4 Å². The molecule has 6 nitrogen and oxygen atoms in total. The maximum absolute atomic E-state index is 13.4. The van der Waals surface area contributed by atoms with E-state index in [0.717, 1.165) is 21.6 Å². The zero-order chi connectivity index (χ0) is 25.2. The average Bonchev–Trinajstić information content (AvgIpc) is 3.33. The van der Waals surface area contributed by atoms with E-state index in [1.54, 1.807) is 14.2 Å². The number of ether oxygens (including phenoxy) is 4. The van der Waals surface area contributed by atoms with Crippen LogP contribution < -0.4 is 14.2 Å². The normalized spacial score (nSPS) is 16.3.